The van der Waals surface area contributed by atoms with Crippen LogP contribution in [0.1, 0.15) is 51.0 Å². The zero-order valence-electron chi connectivity index (χ0n) is 11.5. The molecular formula is C16H24FN. The molecule has 1 aliphatic rings. The fourth-order valence-electron chi connectivity index (χ4n) is 2.92. The first-order valence-electron chi connectivity index (χ1n) is 7.21. The predicted molar refractivity (Wildman–Crippen MR) is 75.4 cm³/mol. The second-order valence-electron chi connectivity index (χ2n) is 5.61. The lowest BCUT2D eigenvalue weighted by atomic mass is 9.83. The van der Waals surface area contributed by atoms with Crippen LogP contribution in [0.15, 0.2) is 18.2 Å². The molecular weight excluding hydrogens is 225 g/mol. The van der Waals surface area contributed by atoms with Gasteiger partial charge in [-0.3, -0.25) is 0 Å². The van der Waals surface area contributed by atoms with E-state index in [9.17, 15) is 4.39 Å². The van der Waals surface area contributed by atoms with Crippen molar-refractivity contribution >= 4 is 5.69 Å². The Morgan fingerprint density at radius 3 is 2.56 bits per heavy atom. The van der Waals surface area contributed by atoms with Crippen molar-refractivity contribution < 1.29 is 4.39 Å². The van der Waals surface area contributed by atoms with Gasteiger partial charge in [-0.15, -0.1) is 0 Å². The standard InChI is InChI=1S/C16H24FN/c1-3-4-13-6-9-14(10-7-13)18-15-8-5-12(2)16(17)11-15/h5,8,11,13-14,18H,3-4,6-7,9-10H2,1-2H3. The van der Waals surface area contributed by atoms with Crippen molar-refractivity contribution in [3.8, 4) is 0 Å². The molecule has 0 radical (unpaired) electrons. The minimum Gasteiger partial charge on any atom is -0.382 e. The van der Waals surface area contributed by atoms with Gasteiger partial charge in [-0.25, -0.2) is 4.39 Å². The normalized spacial score (nSPS) is 23.9. The van der Waals surface area contributed by atoms with Crippen LogP contribution in [0, 0.1) is 18.7 Å². The van der Waals surface area contributed by atoms with E-state index in [-0.39, 0.29) is 5.82 Å². The first-order chi connectivity index (χ1) is 8.69. The Labute approximate surface area is 110 Å². The monoisotopic (exact) mass is 249 g/mol. The fourth-order valence-corrected chi connectivity index (χ4v) is 2.92. The number of rotatable bonds is 4. The highest BCUT2D eigenvalue weighted by atomic mass is 19.1. The van der Waals surface area contributed by atoms with E-state index in [1.807, 2.05) is 12.1 Å². The second-order valence-corrected chi connectivity index (χ2v) is 5.61. The summed E-state index contributed by atoms with van der Waals surface area (Å²) in [6, 6.07) is 5.98. The molecule has 1 fully saturated rings. The van der Waals surface area contributed by atoms with E-state index >= 15 is 0 Å². The third kappa shape index (κ3) is 3.47. The molecule has 0 spiro atoms. The van der Waals surface area contributed by atoms with Gasteiger partial charge in [0.15, 0.2) is 0 Å². The van der Waals surface area contributed by atoms with Crippen molar-refractivity contribution in [2.75, 3.05) is 5.32 Å². The number of anilines is 1. The van der Waals surface area contributed by atoms with Crippen LogP contribution in [0.2, 0.25) is 0 Å². The molecule has 0 amide bonds. The average molecular weight is 249 g/mol. The van der Waals surface area contributed by atoms with Crippen molar-refractivity contribution in [1.82, 2.24) is 0 Å². The minimum atomic E-state index is -0.111. The zero-order chi connectivity index (χ0) is 13.0. The van der Waals surface area contributed by atoms with Crippen molar-refractivity contribution in [3.63, 3.8) is 0 Å². The van der Waals surface area contributed by atoms with Gasteiger partial charge in [-0.05, 0) is 56.2 Å². The van der Waals surface area contributed by atoms with E-state index in [1.54, 1.807) is 13.0 Å². The maximum Gasteiger partial charge on any atom is 0.128 e. The average Bonchev–Trinajstić information content (AvgIpc) is 2.37. The van der Waals surface area contributed by atoms with Gasteiger partial charge in [0.1, 0.15) is 5.82 Å². The summed E-state index contributed by atoms with van der Waals surface area (Å²) in [5.74, 6) is 0.808. The van der Waals surface area contributed by atoms with Crippen LogP contribution in [0.5, 0.6) is 0 Å². The van der Waals surface area contributed by atoms with Gasteiger partial charge < -0.3 is 5.32 Å². The molecule has 2 rings (SSSR count). The largest absolute Gasteiger partial charge is 0.382 e. The predicted octanol–water partition coefficient (Wildman–Crippen LogP) is 4.90. The Morgan fingerprint density at radius 1 is 1.22 bits per heavy atom. The molecule has 1 aromatic rings. The van der Waals surface area contributed by atoms with E-state index in [0.717, 1.165) is 11.6 Å². The molecule has 0 heterocycles. The van der Waals surface area contributed by atoms with Gasteiger partial charge in [-0.1, -0.05) is 25.8 Å². The molecule has 1 N–H and O–H groups in total. The SMILES string of the molecule is CCCC1CCC(Nc2ccc(C)c(F)c2)CC1. The Bertz CT molecular complexity index is 381. The van der Waals surface area contributed by atoms with Crippen molar-refractivity contribution in [1.29, 1.82) is 0 Å². The molecule has 1 nitrogen and oxygen atoms in total. The molecule has 0 aromatic heterocycles. The molecule has 0 unspecified atom stereocenters. The first kappa shape index (κ1) is 13.4. The Balaban J connectivity index is 1.85. The van der Waals surface area contributed by atoms with Crippen molar-refractivity contribution in [2.45, 2.75) is 58.4 Å². The minimum absolute atomic E-state index is 0.111. The Hall–Kier alpha value is -1.05. The summed E-state index contributed by atoms with van der Waals surface area (Å²) >= 11 is 0. The van der Waals surface area contributed by atoms with E-state index in [4.69, 9.17) is 0 Å². The molecule has 1 saturated carbocycles. The van der Waals surface area contributed by atoms with E-state index in [2.05, 4.69) is 12.2 Å². The molecule has 2 heteroatoms. The number of nitrogens with one attached hydrogen (secondary N) is 1. The zero-order valence-corrected chi connectivity index (χ0v) is 11.5. The lowest BCUT2D eigenvalue weighted by Gasteiger charge is -2.29. The van der Waals surface area contributed by atoms with E-state index in [0.29, 0.717) is 11.6 Å². The van der Waals surface area contributed by atoms with Gasteiger partial charge in [0.25, 0.3) is 0 Å². The van der Waals surface area contributed by atoms with Gasteiger partial charge in [0.2, 0.25) is 0 Å². The third-order valence-electron chi connectivity index (χ3n) is 4.09. The summed E-state index contributed by atoms with van der Waals surface area (Å²) < 4.78 is 13.5. The summed E-state index contributed by atoms with van der Waals surface area (Å²) in [4.78, 5) is 0. The highest BCUT2D eigenvalue weighted by Crippen LogP contribution is 2.29. The van der Waals surface area contributed by atoms with Crippen LogP contribution in [0.4, 0.5) is 10.1 Å². The number of hydrogen-bond acceptors (Lipinski definition) is 1. The molecule has 0 atom stereocenters. The molecule has 1 aliphatic carbocycles. The Morgan fingerprint density at radius 2 is 1.94 bits per heavy atom. The maximum absolute atomic E-state index is 13.5. The summed E-state index contributed by atoms with van der Waals surface area (Å²) in [7, 11) is 0. The molecule has 100 valence electrons. The lowest BCUT2D eigenvalue weighted by molar-refractivity contribution is 0.319. The molecule has 0 bridgehead atoms. The molecule has 1 aromatic carbocycles. The number of halogens is 1. The second kappa shape index (κ2) is 6.21. The molecule has 0 saturated heterocycles. The van der Waals surface area contributed by atoms with Crippen LogP contribution in [-0.2, 0) is 0 Å². The van der Waals surface area contributed by atoms with Crippen LogP contribution in [0.25, 0.3) is 0 Å². The summed E-state index contributed by atoms with van der Waals surface area (Å²) in [6.45, 7) is 4.06. The van der Waals surface area contributed by atoms with Gasteiger partial charge in [-0.2, -0.15) is 0 Å². The van der Waals surface area contributed by atoms with Crippen molar-refractivity contribution in [2.24, 2.45) is 5.92 Å². The van der Waals surface area contributed by atoms with Gasteiger partial charge >= 0.3 is 0 Å². The van der Waals surface area contributed by atoms with Crippen LogP contribution in [0.3, 0.4) is 0 Å². The van der Waals surface area contributed by atoms with Crippen LogP contribution < -0.4 is 5.32 Å². The van der Waals surface area contributed by atoms with E-state index in [1.165, 1.54) is 38.5 Å². The lowest BCUT2D eigenvalue weighted by Crippen LogP contribution is -2.26. The van der Waals surface area contributed by atoms with Crippen LogP contribution in [-0.4, -0.2) is 6.04 Å². The van der Waals surface area contributed by atoms with E-state index < -0.39 is 0 Å². The highest BCUT2D eigenvalue weighted by molar-refractivity contribution is 5.46. The quantitative estimate of drug-likeness (QED) is 0.800. The van der Waals surface area contributed by atoms with Gasteiger partial charge in [0.05, 0.1) is 0 Å². The number of aryl methyl sites for hydroxylation is 1. The highest BCUT2D eigenvalue weighted by Gasteiger charge is 2.20. The summed E-state index contributed by atoms with van der Waals surface area (Å²) in [5.41, 5.74) is 1.64. The maximum atomic E-state index is 13.5. The Kier molecular flexibility index (Phi) is 4.62. The molecule has 18 heavy (non-hydrogen) atoms. The third-order valence-corrected chi connectivity index (χ3v) is 4.09. The number of benzene rings is 1. The topological polar surface area (TPSA) is 12.0 Å². The summed E-state index contributed by atoms with van der Waals surface area (Å²) in [6.07, 6.45) is 7.75. The van der Waals surface area contributed by atoms with Crippen LogP contribution >= 0.6 is 0 Å². The van der Waals surface area contributed by atoms with Gasteiger partial charge in [0, 0.05) is 11.7 Å². The van der Waals surface area contributed by atoms with Crippen molar-refractivity contribution in [3.05, 3.63) is 29.6 Å². The first-order valence-corrected chi connectivity index (χ1v) is 7.21. The smallest absolute Gasteiger partial charge is 0.128 e. The molecule has 0 aliphatic heterocycles. The number of hydrogen-bond donors (Lipinski definition) is 1. The summed E-state index contributed by atoms with van der Waals surface area (Å²) in [5, 5.41) is 3.47. The fraction of sp³-hybridized carbons (Fsp3) is 0.625.